The first-order valence-corrected chi connectivity index (χ1v) is 11.0. The maximum Gasteiger partial charge on any atom is 0.217 e. The van der Waals surface area contributed by atoms with Crippen LogP contribution in [0.5, 0.6) is 11.5 Å². The highest BCUT2D eigenvalue weighted by molar-refractivity contribution is 5.89. The summed E-state index contributed by atoms with van der Waals surface area (Å²) in [6.07, 6.45) is 0.683. The summed E-state index contributed by atoms with van der Waals surface area (Å²) in [7, 11) is 3.01. The normalized spacial score (nSPS) is 34.1. The molecule has 2 bridgehead atoms. The van der Waals surface area contributed by atoms with E-state index in [0.29, 0.717) is 29.9 Å². The molecule has 0 amide bonds. The third-order valence-corrected chi connectivity index (χ3v) is 7.84. The summed E-state index contributed by atoms with van der Waals surface area (Å²) in [5.74, 6) is -1.06. The van der Waals surface area contributed by atoms with Gasteiger partial charge < -0.3 is 18.9 Å². The Morgan fingerprint density at radius 1 is 1.06 bits per heavy atom. The van der Waals surface area contributed by atoms with E-state index in [1.807, 2.05) is 0 Å². The number of nitrogens with one attached hydrogen (secondary N) is 1. The number of methoxy groups -OCH3 is 2. The van der Waals surface area contributed by atoms with Gasteiger partial charge in [-0.25, -0.2) is 0 Å². The fraction of sp³-hybridized carbons (Fsp3) is 0.600. The molecule has 1 saturated carbocycles. The molecule has 0 spiro atoms. The van der Waals surface area contributed by atoms with Crippen LogP contribution in [0.1, 0.15) is 51.7 Å². The molecule has 1 aromatic rings. The number of benzene rings is 1. The smallest absolute Gasteiger partial charge is 0.217 e. The van der Waals surface area contributed by atoms with Gasteiger partial charge in [0.2, 0.25) is 17.1 Å². The van der Waals surface area contributed by atoms with E-state index in [2.05, 4.69) is 39.0 Å². The summed E-state index contributed by atoms with van der Waals surface area (Å²) in [6, 6.07) is 11.5. The van der Waals surface area contributed by atoms with Crippen LogP contribution in [-0.2, 0) is 9.47 Å². The molecule has 3 aliphatic rings. The predicted octanol–water partition coefficient (Wildman–Crippen LogP) is 4.48. The van der Waals surface area contributed by atoms with Crippen molar-refractivity contribution in [1.29, 1.82) is 21.2 Å². The molecule has 4 rings (SSSR count). The molecular formula is C25H28N4O4. The highest BCUT2D eigenvalue weighted by Gasteiger charge is 2.81. The van der Waals surface area contributed by atoms with Crippen molar-refractivity contribution in [3.8, 4) is 29.7 Å². The molecule has 0 aromatic heterocycles. The van der Waals surface area contributed by atoms with E-state index in [1.54, 1.807) is 18.2 Å². The van der Waals surface area contributed by atoms with E-state index in [9.17, 15) is 15.8 Å². The standard InChI is InChI=1S/C25H28N4O4/c1-22(2,3)16-8-9-25-19(11-16)24(14-28,21(29)33-25)23(12-26,13-27)20(32-25)15-6-7-17(30-4)18(10-15)31-5/h6-7,10,16,19-20,29H,8-9,11H2,1-5H3. The van der Waals surface area contributed by atoms with E-state index in [1.165, 1.54) is 14.2 Å². The second-order valence-electron chi connectivity index (χ2n) is 10.2. The van der Waals surface area contributed by atoms with E-state index in [-0.39, 0.29) is 17.2 Å². The van der Waals surface area contributed by atoms with Gasteiger partial charge in [-0.05, 0) is 41.9 Å². The molecule has 0 radical (unpaired) electrons. The van der Waals surface area contributed by atoms with Crippen LogP contribution in [0.2, 0.25) is 0 Å². The fourth-order valence-electron chi connectivity index (χ4n) is 5.94. The van der Waals surface area contributed by atoms with Crippen LogP contribution in [-0.4, -0.2) is 25.9 Å². The van der Waals surface area contributed by atoms with Crippen LogP contribution in [0, 0.1) is 67.5 Å². The van der Waals surface area contributed by atoms with E-state index in [0.717, 1.165) is 6.42 Å². The lowest BCUT2D eigenvalue weighted by Crippen LogP contribution is -2.61. The van der Waals surface area contributed by atoms with E-state index >= 15 is 0 Å². The van der Waals surface area contributed by atoms with Crippen molar-refractivity contribution in [1.82, 2.24) is 0 Å². The van der Waals surface area contributed by atoms with Gasteiger partial charge in [0.15, 0.2) is 16.9 Å². The first-order valence-electron chi connectivity index (χ1n) is 11.0. The summed E-state index contributed by atoms with van der Waals surface area (Å²) >= 11 is 0. The molecule has 2 aliphatic heterocycles. The highest BCUT2D eigenvalue weighted by atomic mass is 16.7. The molecule has 1 aliphatic carbocycles. The maximum absolute atomic E-state index is 10.5. The second-order valence-corrected chi connectivity index (χ2v) is 10.2. The van der Waals surface area contributed by atoms with Crippen molar-refractivity contribution in [2.75, 3.05) is 14.2 Å². The van der Waals surface area contributed by atoms with Gasteiger partial charge in [-0.3, -0.25) is 5.41 Å². The monoisotopic (exact) mass is 448 g/mol. The summed E-state index contributed by atoms with van der Waals surface area (Å²) in [5.41, 5.74) is -3.29. The average molecular weight is 449 g/mol. The van der Waals surface area contributed by atoms with Crippen LogP contribution >= 0.6 is 0 Å². The number of hydrogen-bond donors (Lipinski definition) is 1. The summed E-state index contributed by atoms with van der Waals surface area (Å²) in [5, 5.41) is 40.1. The molecule has 2 saturated heterocycles. The van der Waals surface area contributed by atoms with Crippen molar-refractivity contribution >= 4 is 5.90 Å². The fourth-order valence-corrected chi connectivity index (χ4v) is 5.94. The Morgan fingerprint density at radius 3 is 2.27 bits per heavy atom. The van der Waals surface area contributed by atoms with Crippen LogP contribution in [0.3, 0.4) is 0 Å². The van der Waals surface area contributed by atoms with Gasteiger partial charge in [-0.1, -0.05) is 26.8 Å². The number of nitrogens with zero attached hydrogens (tertiary/aromatic N) is 3. The zero-order valence-corrected chi connectivity index (χ0v) is 19.6. The Morgan fingerprint density at radius 2 is 1.73 bits per heavy atom. The number of rotatable bonds is 3. The van der Waals surface area contributed by atoms with Crippen LogP contribution in [0.15, 0.2) is 18.2 Å². The average Bonchev–Trinajstić information content (AvgIpc) is 3.01. The SMILES string of the molecule is COc1ccc(C2OC34CCC(C(C)(C)C)CC3C(C#N)(C(=N)O4)C2(C#N)C#N)cc1OC. The number of nitriles is 3. The van der Waals surface area contributed by atoms with Crippen molar-refractivity contribution in [2.45, 2.75) is 51.9 Å². The summed E-state index contributed by atoms with van der Waals surface area (Å²) in [6.45, 7) is 6.42. The van der Waals surface area contributed by atoms with Gasteiger partial charge in [0, 0.05) is 6.42 Å². The highest BCUT2D eigenvalue weighted by Crippen LogP contribution is 2.70. The Hall–Kier alpha value is -3.28. The molecule has 3 fully saturated rings. The largest absolute Gasteiger partial charge is 0.493 e. The zero-order chi connectivity index (χ0) is 24.2. The third-order valence-electron chi connectivity index (χ3n) is 7.84. The number of hydrogen-bond acceptors (Lipinski definition) is 8. The minimum absolute atomic E-state index is 0.0397. The first kappa shape index (κ1) is 22.9. The molecule has 8 heteroatoms. The molecular weight excluding hydrogens is 420 g/mol. The van der Waals surface area contributed by atoms with Crippen molar-refractivity contribution in [2.24, 2.45) is 28.1 Å². The molecule has 1 aromatic carbocycles. The van der Waals surface area contributed by atoms with Gasteiger partial charge in [-0.15, -0.1) is 0 Å². The van der Waals surface area contributed by atoms with Crippen LogP contribution < -0.4 is 9.47 Å². The van der Waals surface area contributed by atoms with Crippen molar-refractivity contribution in [3.05, 3.63) is 23.8 Å². The van der Waals surface area contributed by atoms with Gasteiger partial charge in [0.25, 0.3) is 0 Å². The quantitative estimate of drug-likeness (QED) is 0.720. The predicted molar refractivity (Wildman–Crippen MR) is 117 cm³/mol. The summed E-state index contributed by atoms with van der Waals surface area (Å²) < 4.78 is 23.3. The van der Waals surface area contributed by atoms with Crippen LogP contribution in [0.4, 0.5) is 0 Å². The van der Waals surface area contributed by atoms with Gasteiger partial charge >= 0.3 is 0 Å². The minimum Gasteiger partial charge on any atom is -0.493 e. The lowest BCUT2D eigenvalue weighted by Gasteiger charge is -2.54. The lowest BCUT2D eigenvalue weighted by molar-refractivity contribution is -0.301. The Labute approximate surface area is 194 Å². The van der Waals surface area contributed by atoms with E-state index in [4.69, 9.17) is 24.4 Å². The molecule has 2 heterocycles. The molecule has 8 nitrogen and oxygen atoms in total. The zero-order valence-electron chi connectivity index (χ0n) is 19.6. The Kier molecular flexibility index (Phi) is 5.11. The molecule has 1 N–H and O–H groups in total. The van der Waals surface area contributed by atoms with Gasteiger partial charge in [0.05, 0.1) is 38.3 Å². The summed E-state index contributed by atoms with van der Waals surface area (Å²) in [4.78, 5) is 0. The maximum atomic E-state index is 10.5. The van der Waals surface area contributed by atoms with Gasteiger partial charge in [-0.2, -0.15) is 15.8 Å². The molecule has 172 valence electrons. The van der Waals surface area contributed by atoms with Crippen LogP contribution in [0.25, 0.3) is 0 Å². The van der Waals surface area contributed by atoms with Gasteiger partial charge in [0.1, 0.15) is 6.10 Å². The molecule has 33 heavy (non-hydrogen) atoms. The molecule has 5 unspecified atom stereocenters. The first-order chi connectivity index (χ1) is 15.6. The van der Waals surface area contributed by atoms with Crippen molar-refractivity contribution < 1.29 is 18.9 Å². The topological polar surface area (TPSA) is 132 Å². The Balaban J connectivity index is 1.93. The second kappa shape index (κ2) is 7.37. The van der Waals surface area contributed by atoms with E-state index < -0.39 is 28.6 Å². The third kappa shape index (κ3) is 2.79. The molecule has 5 atom stereocenters. The lowest BCUT2D eigenvalue weighted by atomic mass is 9.49. The Bertz CT molecular complexity index is 1110. The van der Waals surface area contributed by atoms with Crippen molar-refractivity contribution in [3.63, 3.8) is 0 Å². The minimum atomic E-state index is -1.98. The number of ether oxygens (including phenoxy) is 4.